The Hall–Kier alpha value is -1.57. The van der Waals surface area contributed by atoms with E-state index in [1.807, 2.05) is 0 Å². The fraction of sp³-hybridized carbons (Fsp3) is 0.300. The number of nitrogen functional groups attached to an aromatic ring is 1. The first-order valence-electron chi connectivity index (χ1n) is 4.85. The predicted molar refractivity (Wildman–Crippen MR) is 60.9 cm³/mol. The molecule has 1 amide bonds. The number of hydrogen-bond acceptors (Lipinski definition) is 3. The highest BCUT2D eigenvalue weighted by Gasteiger charge is 2.31. The Bertz CT molecular complexity index is 489. The minimum atomic E-state index is -4.50. The fourth-order valence-corrected chi connectivity index (χ4v) is 2.38. The van der Waals surface area contributed by atoms with Gasteiger partial charge in [-0.05, 0) is 18.2 Å². The highest BCUT2D eigenvalue weighted by Crippen LogP contribution is 2.32. The number of anilines is 1. The SMILES string of the molecule is NC(=O)CCS(=O)c1ccc(C(F)(F)F)cc1N. The third-order valence-electron chi connectivity index (χ3n) is 2.12. The summed E-state index contributed by atoms with van der Waals surface area (Å²) in [4.78, 5) is 10.6. The van der Waals surface area contributed by atoms with Crippen LogP contribution in [0.5, 0.6) is 0 Å². The van der Waals surface area contributed by atoms with E-state index in [0.29, 0.717) is 0 Å². The Kier molecular flexibility index (Phi) is 4.33. The number of nitrogens with two attached hydrogens (primary N) is 2. The van der Waals surface area contributed by atoms with Gasteiger partial charge in [-0.3, -0.25) is 9.00 Å². The molecule has 0 saturated heterocycles. The summed E-state index contributed by atoms with van der Waals surface area (Å²) in [5.74, 6) is -0.695. The van der Waals surface area contributed by atoms with Gasteiger partial charge in [-0.25, -0.2) is 0 Å². The highest BCUT2D eigenvalue weighted by atomic mass is 32.2. The zero-order valence-corrected chi connectivity index (χ0v) is 9.98. The molecule has 1 atom stereocenters. The first-order valence-corrected chi connectivity index (χ1v) is 6.17. The number of hydrogen-bond donors (Lipinski definition) is 2. The quantitative estimate of drug-likeness (QED) is 0.814. The number of rotatable bonds is 4. The summed E-state index contributed by atoms with van der Waals surface area (Å²) in [5, 5.41) is 0. The molecule has 0 bridgehead atoms. The predicted octanol–water partition coefficient (Wildman–Crippen LogP) is 1.27. The van der Waals surface area contributed by atoms with Crippen molar-refractivity contribution in [1.29, 1.82) is 0 Å². The topological polar surface area (TPSA) is 86.2 Å². The average molecular weight is 280 g/mol. The highest BCUT2D eigenvalue weighted by molar-refractivity contribution is 7.85. The van der Waals surface area contributed by atoms with E-state index < -0.39 is 28.4 Å². The maximum atomic E-state index is 12.4. The molecule has 1 aromatic carbocycles. The largest absolute Gasteiger partial charge is 0.416 e. The summed E-state index contributed by atoms with van der Waals surface area (Å²) in [6.45, 7) is 0. The molecule has 4 N–H and O–H groups in total. The van der Waals surface area contributed by atoms with Crippen molar-refractivity contribution in [3.8, 4) is 0 Å². The van der Waals surface area contributed by atoms with Crippen molar-refractivity contribution >= 4 is 22.4 Å². The molecule has 4 nitrogen and oxygen atoms in total. The van der Waals surface area contributed by atoms with E-state index in [1.54, 1.807) is 0 Å². The number of primary amides is 1. The Morgan fingerprint density at radius 1 is 1.33 bits per heavy atom. The maximum absolute atomic E-state index is 12.4. The monoisotopic (exact) mass is 280 g/mol. The average Bonchev–Trinajstić information content (AvgIpc) is 2.24. The molecule has 0 saturated carbocycles. The van der Waals surface area contributed by atoms with Gasteiger partial charge in [0.05, 0.1) is 21.3 Å². The van der Waals surface area contributed by atoms with E-state index in [4.69, 9.17) is 11.5 Å². The van der Waals surface area contributed by atoms with Crippen molar-refractivity contribution in [2.24, 2.45) is 5.73 Å². The van der Waals surface area contributed by atoms with Crippen LogP contribution in [-0.4, -0.2) is 15.9 Å². The van der Waals surface area contributed by atoms with Gasteiger partial charge in [0.1, 0.15) is 0 Å². The van der Waals surface area contributed by atoms with Crippen LogP contribution in [-0.2, 0) is 21.8 Å². The van der Waals surface area contributed by atoms with Crippen LogP contribution in [0.4, 0.5) is 18.9 Å². The van der Waals surface area contributed by atoms with E-state index >= 15 is 0 Å². The van der Waals surface area contributed by atoms with Crippen LogP contribution in [0.15, 0.2) is 23.1 Å². The lowest BCUT2D eigenvalue weighted by atomic mass is 10.2. The van der Waals surface area contributed by atoms with Gasteiger partial charge in [-0.2, -0.15) is 13.2 Å². The molecule has 1 aromatic rings. The first kappa shape index (κ1) is 14.5. The van der Waals surface area contributed by atoms with E-state index in [1.165, 1.54) is 0 Å². The van der Waals surface area contributed by atoms with Crippen LogP contribution in [0.25, 0.3) is 0 Å². The van der Waals surface area contributed by atoms with Gasteiger partial charge in [0.2, 0.25) is 5.91 Å². The second-order valence-electron chi connectivity index (χ2n) is 3.52. The first-order chi connectivity index (χ1) is 8.21. The van der Waals surface area contributed by atoms with Crippen molar-refractivity contribution in [3.63, 3.8) is 0 Å². The molecule has 0 aliphatic carbocycles. The summed E-state index contributed by atoms with van der Waals surface area (Å²) in [6, 6.07) is 2.57. The van der Waals surface area contributed by atoms with Gasteiger partial charge in [0, 0.05) is 17.9 Å². The van der Waals surface area contributed by atoms with E-state index in [2.05, 4.69) is 0 Å². The zero-order valence-electron chi connectivity index (χ0n) is 9.16. The summed E-state index contributed by atoms with van der Waals surface area (Å²) in [5.41, 5.74) is 9.18. The Morgan fingerprint density at radius 3 is 2.39 bits per heavy atom. The molecule has 0 aromatic heterocycles. The number of carbonyl (C=O) groups is 1. The van der Waals surface area contributed by atoms with E-state index in [0.717, 1.165) is 18.2 Å². The molecule has 18 heavy (non-hydrogen) atoms. The smallest absolute Gasteiger partial charge is 0.398 e. The molecule has 0 fully saturated rings. The number of amides is 1. The molecule has 0 aliphatic heterocycles. The van der Waals surface area contributed by atoms with Crippen LogP contribution in [0.1, 0.15) is 12.0 Å². The molecule has 0 spiro atoms. The summed E-state index contributed by atoms with van der Waals surface area (Å²) in [7, 11) is -1.64. The molecular formula is C10H11F3N2O2S. The third-order valence-corrected chi connectivity index (χ3v) is 3.55. The Labute approximate surface area is 104 Å². The molecule has 100 valence electrons. The van der Waals surface area contributed by atoms with Gasteiger partial charge < -0.3 is 11.5 Å². The molecule has 8 heteroatoms. The maximum Gasteiger partial charge on any atom is 0.416 e. The van der Waals surface area contributed by atoms with Crippen molar-refractivity contribution in [1.82, 2.24) is 0 Å². The van der Waals surface area contributed by atoms with Crippen LogP contribution in [0.3, 0.4) is 0 Å². The van der Waals surface area contributed by atoms with Gasteiger partial charge in [-0.1, -0.05) is 0 Å². The second-order valence-corrected chi connectivity index (χ2v) is 5.06. The number of benzene rings is 1. The van der Waals surface area contributed by atoms with Crippen LogP contribution in [0.2, 0.25) is 0 Å². The van der Waals surface area contributed by atoms with Crippen LogP contribution < -0.4 is 11.5 Å². The van der Waals surface area contributed by atoms with Gasteiger partial charge in [-0.15, -0.1) is 0 Å². The Balaban J connectivity index is 2.92. The van der Waals surface area contributed by atoms with Crippen molar-refractivity contribution in [2.75, 3.05) is 11.5 Å². The van der Waals surface area contributed by atoms with E-state index in [9.17, 15) is 22.2 Å². The van der Waals surface area contributed by atoms with Crippen molar-refractivity contribution in [2.45, 2.75) is 17.5 Å². The summed E-state index contributed by atoms with van der Waals surface area (Å²) >= 11 is 0. The molecular weight excluding hydrogens is 269 g/mol. The number of alkyl halides is 3. The normalized spacial score (nSPS) is 13.3. The molecule has 0 radical (unpaired) electrons. The molecule has 0 heterocycles. The van der Waals surface area contributed by atoms with Gasteiger partial charge in [0.15, 0.2) is 0 Å². The second kappa shape index (κ2) is 5.38. The number of carbonyl (C=O) groups excluding carboxylic acids is 1. The van der Waals surface area contributed by atoms with Crippen molar-refractivity contribution < 1.29 is 22.2 Å². The lowest BCUT2D eigenvalue weighted by Crippen LogP contribution is -2.15. The van der Waals surface area contributed by atoms with Crippen molar-refractivity contribution in [3.05, 3.63) is 23.8 Å². The standard InChI is InChI=1S/C10H11F3N2O2S/c11-10(12,13)6-1-2-8(7(14)5-6)18(17)4-3-9(15)16/h1-2,5H,3-4,14H2,(H2,15,16). The lowest BCUT2D eigenvalue weighted by Gasteiger charge is -2.10. The number of halogens is 3. The Morgan fingerprint density at radius 2 is 1.94 bits per heavy atom. The van der Waals surface area contributed by atoms with Crippen LogP contribution in [0, 0.1) is 0 Å². The minimum Gasteiger partial charge on any atom is -0.398 e. The van der Waals surface area contributed by atoms with Gasteiger partial charge >= 0.3 is 6.18 Å². The summed E-state index contributed by atoms with van der Waals surface area (Å²) < 4.78 is 48.8. The molecule has 0 aliphatic rings. The third kappa shape index (κ3) is 3.73. The summed E-state index contributed by atoms with van der Waals surface area (Å²) in [6.07, 6.45) is -4.62. The lowest BCUT2D eigenvalue weighted by molar-refractivity contribution is -0.137. The molecule has 1 unspecified atom stereocenters. The fourth-order valence-electron chi connectivity index (χ4n) is 1.24. The van der Waals surface area contributed by atoms with Crippen LogP contribution >= 0.6 is 0 Å². The van der Waals surface area contributed by atoms with E-state index in [-0.39, 0.29) is 22.8 Å². The zero-order chi connectivity index (χ0) is 13.9. The molecule has 1 rings (SSSR count). The minimum absolute atomic E-state index is 0.0646. The van der Waals surface area contributed by atoms with Gasteiger partial charge in [0.25, 0.3) is 0 Å².